The summed E-state index contributed by atoms with van der Waals surface area (Å²) in [6, 6.07) is 7.85. The molecule has 2 amide bonds. The first-order valence-electron chi connectivity index (χ1n) is 8.49. The molecule has 1 aromatic rings. The monoisotopic (exact) mass is 332 g/mol. The van der Waals surface area contributed by atoms with Gasteiger partial charge in [0, 0.05) is 31.9 Å². The lowest BCUT2D eigenvalue weighted by Crippen LogP contribution is -2.57. The van der Waals surface area contributed by atoms with E-state index in [9.17, 15) is 9.59 Å². The molecule has 1 fully saturated rings. The molecule has 6 nitrogen and oxygen atoms in total. The van der Waals surface area contributed by atoms with Gasteiger partial charge in [-0.1, -0.05) is 25.1 Å². The molecule has 1 aliphatic rings. The summed E-state index contributed by atoms with van der Waals surface area (Å²) in [7, 11) is 0. The molecule has 0 bridgehead atoms. The van der Waals surface area contributed by atoms with Crippen LogP contribution in [0.2, 0.25) is 0 Å². The molecule has 0 aliphatic carbocycles. The van der Waals surface area contributed by atoms with Crippen LogP contribution in [-0.2, 0) is 16.0 Å². The number of anilines is 1. The number of nitrogens with two attached hydrogens (primary N) is 1. The first kappa shape index (κ1) is 18.4. The number of nitrogens with one attached hydrogen (secondary N) is 1. The summed E-state index contributed by atoms with van der Waals surface area (Å²) in [5.41, 5.74) is 7.04. The third kappa shape index (κ3) is 4.79. The Morgan fingerprint density at radius 3 is 2.38 bits per heavy atom. The van der Waals surface area contributed by atoms with Crippen molar-refractivity contribution in [1.29, 1.82) is 0 Å². The zero-order chi connectivity index (χ0) is 17.7. The Morgan fingerprint density at radius 2 is 1.79 bits per heavy atom. The van der Waals surface area contributed by atoms with E-state index in [1.807, 2.05) is 24.3 Å². The summed E-state index contributed by atoms with van der Waals surface area (Å²) in [5, 5.41) is 2.99. The summed E-state index contributed by atoms with van der Waals surface area (Å²) in [5.74, 6) is -0.0571. The van der Waals surface area contributed by atoms with Gasteiger partial charge in [0.2, 0.25) is 11.8 Å². The van der Waals surface area contributed by atoms with Crippen LogP contribution >= 0.6 is 0 Å². The predicted molar refractivity (Wildman–Crippen MR) is 95.7 cm³/mol. The average Bonchev–Trinajstić information content (AvgIpc) is 2.54. The Kier molecular flexibility index (Phi) is 5.96. The lowest BCUT2D eigenvalue weighted by atomic mass is 10.0. The van der Waals surface area contributed by atoms with Gasteiger partial charge in [0.05, 0.1) is 12.1 Å². The van der Waals surface area contributed by atoms with Crippen LogP contribution in [0.1, 0.15) is 26.3 Å². The number of carbonyl (C=O) groups is 2. The summed E-state index contributed by atoms with van der Waals surface area (Å²) < 4.78 is 0. The molecule has 0 atom stereocenters. The van der Waals surface area contributed by atoms with Crippen molar-refractivity contribution < 1.29 is 9.59 Å². The van der Waals surface area contributed by atoms with Crippen molar-refractivity contribution >= 4 is 17.5 Å². The standard InChI is InChI=1S/C18H28N4O2/c1-4-14-7-5-6-8-15(14)20-16(23)13-21-9-11-22(12-10-21)17(24)18(2,3)19/h5-8H,4,9-13,19H2,1-3H3,(H,20,23). The van der Waals surface area contributed by atoms with E-state index in [1.165, 1.54) is 0 Å². The first-order valence-corrected chi connectivity index (χ1v) is 8.49. The van der Waals surface area contributed by atoms with Crippen LogP contribution in [0.3, 0.4) is 0 Å². The fourth-order valence-electron chi connectivity index (χ4n) is 2.86. The number of para-hydroxylation sites is 1. The molecular formula is C18H28N4O2. The van der Waals surface area contributed by atoms with Crippen molar-refractivity contribution in [3.05, 3.63) is 29.8 Å². The molecule has 1 aromatic carbocycles. The highest BCUT2D eigenvalue weighted by molar-refractivity contribution is 5.93. The highest BCUT2D eigenvalue weighted by Crippen LogP contribution is 2.15. The Bertz CT molecular complexity index is 587. The zero-order valence-electron chi connectivity index (χ0n) is 14.8. The van der Waals surface area contributed by atoms with Gasteiger partial charge in [-0.15, -0.1) is 0 Å². The van der Waals surface area contributed by atoms with Gasteiger partial charge in [-0.25, -0.2) is 0 Å². The number of rotatable bonds is 5. The number of hydrogen-bond donors (Lipinski definition) is 2. The SMILES string of the molecule is CCc1ccccc1NC(=O)CN1CCN(C(=O)C(C)(C)N)CC1. The van der Waals surface area contributed by atoms with Crippen LogP contribution < -0.4 is 11.1 Å². The molecule has 0 saturated carbocycles. The van der Waals surface area contributed by atoms with E-state index < -0.39 is 5.54 Å². The number of nitrogens with zero attached hydrogens (tertiary/aromatic N) is 2. The number of amides is 2. The van der Waals surface area contributed by atoms with E-state index in [1.54, 1.807) is 18.7 Å². The van der Waals surface area contributed by atoms with Crippen LogP contribution in [0.15, 0.2) is 24.3 Å². The van der Waals surface area contributed by atoms with Crippen LogP contribution in [0, 0.1) is 0 Å². The molecule has 132 valence electrons. The maximum absolute atomic E-state index is 12.3. The Hall–Kier alpha value is -1.92. The molecule has 3 N–H and O–H groups in total. The third-order valence-electron chi connectivity index (χ3n) is 4.25. The van der Waals surface area contributed by atoms with Crippen LogP contribution in [0.5, 0.6) is 0 Å². The second-order valence-electron chi connectivity index (χ2n) is 6.85. The molecule has 0 unspecified atom stereocenters. The van der Waals surface area contributed by atoms with Crippen LogP contribution in [0.25, 0.3) is 0 Å². The van der Waals surface area contributed by atoms with E-state index in [0.29, 0.717) is 32.7 Å². The minimum Gasteiger partial charge on any atom is -0.339 e. The smallest absolute Gasteiger partial charge is 0.242 e. The number of aryl methyl sites for hydroxylation is 1. The topological polar surface area (TPSA) is 78.7 Å². The summed E-state index contributed by atoms with van der Waals surface area (Å²) in [4.78, 5) is 28.3. The van der Waals surface area contributed by atoms with Crippen molar-refractivity contribution in [1.82, 2.24) is 9.80 Å². The second-order valence-corrected chi connectivity index (χ2v) is 6.85. The highest BCUT2D eigenvalue weighted by atomic mass is 16.2. The van der Waals surface area contributed by atoms with Crippen molar-refractivity contribution in [3.63, 3.8) is 0 Å². The third-order valence-corrected chi connectivity index (χ3v) is 4.25. The fourth-order valence-corrected chi connectivity index (χ4v) is 2.86. The number of piperazine rings is 1. The molecule has 1 aliphatic heterocycles. The second kappa shape index (κ2) is 7.77. The van der Waals surface area contributed by atoms with Gasteiger partial charge < -0.3 is 16.0 Å². The number of benzene rings is 1. The quantitative estimate of drug-likeness (QED) is 0.845. The van der Waals surface area contributed by atoms with Gasteiger partial charge in [-0.3, -0.25) is 14.5 Å². The maximum atomic E-state index is 12.3. The molecule has 0 radical (unpaired) electrons. The lowest BCUT2D eigenvalue weighted by molar-refractivity contribution is -0.137. The lowest BCUT2D eigenvalue weighted by Gasteiger charge is -2.37. The van der Waals surface area contributed by atoms with E-state index in [2.05, 4.69) is 17.1 Å². The predicted octanol–water partition coefficient (Wildman–Crippen LogP) is 1.07. The normalized spacial score (nSPS) is 16.1. The molecule has 24 heavy (non-hydrogen) atoms. The van der Waals surface area contributed by atoms with E-state index >= 15 is 0 Å². The Labute approximate surface area is 144 Å². The molecule has 0 aromatic heterocycles. The van der Waals surface area contributed by atoms with E-state index in [-0.39, 0.29) is 11.8 Å². The zero-order valence-corrected chi connectivity index (χ0v) is 14.8. The molecule has 6 heteroatoms. The maximum Gasteiger partial charge on any atom is 0.242 e. The van der Waals surface area contributed by atoms with Gasteiger partial charge in [0.15, 0.2) is 0 Å². The molecule has 0 spiro atoms. The van der Waals surface area contributed by atoms with Gasteiger partial charge in [-0.2, -0.15) is 0 Å². The van der Waals surface area contributed by atoms with Gasteiger partial charge >= 0.3 is 0 Å². The van der Waals surface area contributed by atoms with Gasteiger partial charge in [0.25, 0.3) is 0 Å². The molecule has 1 saturated heterocycles. The number of carbonyl (C=O) groups excluding carboxylic acids is 2. The van der Waals surface area contributed by atoms with Crippen molar-refractivity contribution in [2.75, 3.05) is 38.0 Å². The summed E-state index contributed by atoms with van der Waals surface area (Å²) in [6.45, 7) is 8.44. The average molecular weight is 332 g/mol. The van der Waals surface area contributed by atoms with Crippen molar-refractivity contribution in [2.24, 2.45) is 5.73 Å². The van der Waals surface area contributed by atoms with Crippen molar-refractivity contribution in [2.45, 2.75) is 32.7 Å². The largest absolute Gasteiger partial charge is 0.339 e. The Balaban J connectivity index is 1.83. The fraction of sp³-hybridized carbons (Fsp3) is 0.556. The van der Waals surface area contributed by atoms with Gasteiger partial charge in [0.1, 0.15) is 0 Å². The van der Waals surface area contributed by atoms with E-state index in [4.69, 9.17) is 5.73 Å². The Morgan fingerprint density at radius 1 is 1.17 bits per heavy atom. The van der Waals surface area contributed by atoms with Crippen molar-refractivity contribution in [3.8, 4) is 0 Å². The minimum absolute atomic E-state index is 0.0187. The first-order chi connectivity index (χ1) is 11.3. The van der Waals surface area contributed by atoms with Crippen LogP contribution in [-0.4, -0.2) is 59.9 Å². The van der Waals surface area contributed by atoms with Gasteiger partial charge in [-0.05, 0) is 31.9 Å². The van der Waals surface area contributed by atoms with E-state index in [0.717, 1.165) is 17.7 Å². The molecule has 2 rings (SSSR count). The molecular weight excluding hydrogens is 304 g/mol. The minimum atomic E-state index is -0.844. The summed E-state index contributed by atoms with van der Waals surface area (Å²) in [6.07, 6.45) is 0.881. The van der Waals surface area contributed by atoms with Crippen LogP contribution in [0.4, 0.5) is 5.69 Å². The highest BCUT2D eigenvalue weighted by Gasteiger charge is 2.30. The number of hydrogen-bond acceptors (Lipinski definition) is 4. The summed E-state index contributed by atoms with van der Waals surface area (Å²) >= 11 is 0. The molecule has 1 heterocycles.